The van der Waals surface area contributed by atoms with E-state index in [0.29, 0.717) is 0 Å². The fraction of sp³-hybridized carbons (Fsp3) is 0.267. The summed E-state index contributed by atoms with van der Waals surface area (Å²) in [7, 11) is 0. The van der Waals surface area contributed by atoms with E-state index >= 15 is 0 Å². The van der Waals surface area contributed by atoms with Crippen molar-refractivity contribution in [3.8, 4) is 0 Å². The van der Waals surface area contributed by atoms with Crippen molar-refractivity contribution < 1.29 is 14.4 Å². The van der Waals surface area contributed by atoms with E-state index in [4.69, 9.17) is 0 Å². The van der Waals surface area contributed by atoms with E-state index in [9.17, 15) is 14.4 Å². The first kappa shape index (κ1) is 37.9. The van der Waals surface area contributed by atoms with Crippen LogP contribution in [0, 0.1) is 0 Å². The molecule has 0 saturated heterocycles. The monoisotopic (exact) mass is 771 g/mol. The number of hydrogen-bond donors (Lipinski definition) is 0. The van der Waals surface area contributed by atoms with E-state index in [-0.39, 0.29) is 33.3 Å². The number of carbonyl (C=O) groups is 3. The van der Waals surface area contributed by atoms with Crippen molar-refractivity contribution >= 4 is 69.7 Å². The van der Waals surface area contributed by atoms with Crippen LogP contribution in [0.2, 0.25) is 0 Å². The minimum atomic E-state index is -0.576. The number of benzene rings is 3. The summed E-state index contributed by atoms with van der Waals surface area (Å²) in [5.41, 5.74) is 2.33. The van der Waals surface area contributed by atoms with E-state index in [1.54, 1.807) is 53.5 Å². The van der Waals surface area contributed by atoms with Crippen LogP contribution in [0.4, 0.5) is 17.1 Å². The Morgan fingerprint density at radius 2 is 0.630 bits per heavy atom. The van der Waals surface area contributed by atoms with Crippen LogP contribution < -0.4 is 14.7 Å². The topological polar surface area (TPSA) is 60.9 Å². The highest BCUT2D eigenvalue weighted by Crippen LogP contribution is 2.51. The molecule has 54 heavy (non-hydrogen) atoms. The lowest BCUT2D eigenvalue weighted by atomic mass is 9.82. The van der Waals surface area contributed by atoms with Gasteiger partial charge in [-0.15, -0.1) is 0 Å². The van der Waals surface area contributed by atoms with Gasteiger partial charge in [-0.05, 0) is 135 Å². The van der Waals surface area contributed by atoms with Gasteiger partial charge in [0.15, 0.2) is 0 Å². The summed E-state index contributed by atoms with van der Waals surface area (Å²) < 4.78 is 0. The van der Waals surface area contributed by atoms with Gasteiger partial charge in [0, 0.05) is 31.3 Å². The van der Waals surface area contributed by atoms with Crippen LogP contribution in [-0.4, -0.2) is 34.0 Å². The Bertz CT molecular complexity index is 2010. The Hall–Kier alpha value is -4.44. The highest BCUT2D eigenvalue weighted by Gasteiger charge is 2.40. The van der Waals surface area contributed by atoms with Gasteiger partial charge in [0.1, 0.15) is 0 Å². The zero-order valence-electron chi connectivity index (χ0n) is 32.2. The number of carbonyl (C=O) groups excluding carboxylic acids is 3. The maximum atomic E-state index is 14.4. The lowest BCUT2D eigenvalue weighted by Gasteiger charge is -2.35. The molecule has 3 aliphatic heterocycles. The molecule has 9 heteroatoms. The molecular weight excluding hydrogens is 727 g/mol. The molecule has 1 aliphatic carbocycles. The van der Waals surface area contributed by atoms with Crippen molar-refractivity contribution in [2.24, 2.45) is 0 Å². The maximum absolute atomic E-state index is 14.4. The molecule has 7 rings (SSSR count). The van der Waals surface area contributed by atoms with Crippen LogP contribution in [0.5, 0.6) is 0 Å². The highest BCUT2D eigenvalue weighted by molar-refractivity contribution is 8.04. The summed E-state index contributed by atoms with van der Waals surface area (Å²) in [6.45, 7) is 19.2. The van der Waals surface area contributed by atoms with E-state index in [0.717, 1.165) is 46.8 Å². The molecule has 3 aromatic rings. The van der Waals surface area contributed by atoms with Gasteiger partial charge in [-0.25, -0.2) is 0 Å². The van der Waals surface area contributed by atoms with Gasteiger partial charge in [0.05, 0.1) is 48.9 Å². The Kier molecular flexibility index (Phi) is 9.82. The van der Waals surface area contributed by atoms with Gasteiger partial charge in [0.2, 0.25) is 17.3 Å². The van der Waals surface area contributed by atoms with E-state index in [1.165, 1.54) is 0 Å². The molecule has 0 unspecified atom stereocenters. The van der Waals surface area contributed by atoms with Crippen molar-refractivity contribution in [2.75, 3.05) is 14.7 Å². The first-order valence-electron chi connectivity index (χ1n) is 18.1. The number of rotatable bonds is 3. The lowest BCUT2D eigenvalue weighted by Crippen LogP contribution is -2.38. The number of Topliss-reactive ketones (excluding diaryl/α,β-unsaturated/α-hetero) is 3. The minimum Gasteiger partial charge on any atom is -0.330 e. The van der Waals surface area contributed by atoms with Crippen molar-refractivity contribution in [1.29, 1.82) is 0 Å². The van der Waals surface area contributed by atoms with Crippen molar-refractivity contribution in [1.82, 2.24) is 0 Å². The quantitative estimate of drug-likeness (QED) is 0.191. The number of fused-ring (bicyclic) bond motifs is 3. The Morgan fingerprint density at radius 3 is 0.870 bits per heavy atom. The van der Waals surface area contributed by atoms with Gasteiger partial charge >= 0.3 is 0 Å². The molecule has 0 amide bonds. The number of anilines is 3. The van der Waals surface area contributed by atoms with Gasteiger partial charge < -0.3 is 14.7 Å². The number of nitrogens with zero attached hydrogens (tertiary/aromatic N) is 3. The molecule has 0 spiro atoms. The second kappa shape index (κ2) is 14.0. The molecular formula is C45H45N3O3S3. The fourth-order valence-electron chi connectivity index (χ4n) is 7.08. The number of ketones is 3. The predicted molar refractivity (Wildman–Crippen MR) is 227 cm³/mol. The summed E-state index contributed by atoms with van der Waals surface area (Å²) >= 11 is 4.80. The van der Waals surface area contributed by atoms with E-state index < -0.39 is 17.3 Å². The third kappa shape index (κ3) is 6.98. The molecule has 3 aromatic carbocycles. The third-order valence-corrected chi connectivity index (χ3v) is 12.6. The normalized spacial score (nSPS) is 21.4. The molecule has 0 atom stereocenters. The van der Waals surface area contributed by atoms with E-state index in [2.05, 4.69) is 113 Å². The minimum absolute atomic E-state index is 0.0353. The molecule has 1 saturated carbocycles. The summed E-state index contributed by atoms with van der Waals surface area (Å²) in [5, 5.41) is 2.70. The molecule has 0 bridgehead atoms. The number of thioether (sulfide) groups is 3. The molecule has 4 aliphatic rings. The van der Waals surface area contributed by atoms with Crippen LogP contribution >= 0.6 is 35.3 Å². The molecule has 0 N–H and O–H groups in total. The lowest BCUT2D eigenvalue weighted by molar-refractivity contribution is -0.124. The van der Waals surface area contributed by atoms with Gasteiger partial charge in [-0.2, -0.15) is 0 Å². The van der Waals surface area contributed by atoms with Crippen molar-refractivity contribution in [2.45, 2.75) is 93.6 Å². The first-order chi connectivity index (χ1) is 25.4. The average Bonchev–Trinajstić information content (AvgIpc) is 3.78. The summed E-state index contributed by atoms with van der Waals surface area (Å²) in [6, 6.07) is 24.5. The Balaban J connectivity index is 1.34. The Labute approximate surface area is 331 Å². The predicted octanol–water partition coefficient (Wildman–Crippen LogP) is 11.2. The van der Waals surface area contributed by atoms with Gasteiger partial charge in [-0.1, -0.05) is 71.7 Å². The zero-order valence-corrected chi connectivity index (χ0v) is 34.6. The second-order valence-electron chi connectivity index (χ2n) is 16.5. The average molecular weight is 772 g/mol. The molecule has 0 radical (unpaired) electrons. The highest BCUT2D eigenvalue weighted by atomic mass is 32.2. The molecule has 276 valence electrons. The summed E-state index contributed by atoms with van der Waals surface area (Å²) in [4.78, 5) is 53.0. The van der Waals surface area contributed by atoms with Crippen LogP contribution in [0.3, 0.4) is 0 Å². The largest absolute Gasteiger partial charge is 0.330 e. The molecule has 1 fully saturated rings. The number of hydrogen-bond acceptors (Lipinski definition) is 9. The van der Waals surface area contributed by atoms with Crippen LogP contribution in [0.25, 0.3) is 0 Å². The van der Waals surface area contributed by atoms with Crippen molar-refractivity contribution in [3.63, 3.8) is 0 Å². The van der Waals surface area contributed by atoms with Gasteiger partial charge in [0.25, 0.3) is 0 Å². The van der Waals surface area contributed by atoms with Crippen LogP contribution in [-0.2, 0) is 14.4 Å². The third-order valence-electron chi connectivity index (χ3n) is 9.28. The number of allylic oxidation sites excluding steroid dienone is 9. The standard InChI is InChI=1S/C45H45N3O3S3/c1-43(2,3)46-31-16-10-13-19-34(31)52-37(46)25-22-28-40(49)29(23-26-38-47(44(4,5)6)32-17-11-14-20-35(32)53-38)42(51)30(41(28)50)24-27-39-48(45(7,8)9)33-18-12-15-21-36(33)54-39/h10-27H,1-9H3/b28-22?,29-23?,30-24?,37-25-,38-26+,39-27+. The van der Waals surface area contributed by atoms with Crippen LogP contribution in [0.15, 0.2) is 156 Å². The van der Waals surface area contributed by atoms with Crippen LogP contribution in [0.1, 0.15) is 62.3 Å². The summed E-state index contributed by atoms with van der Waals surface area (Å²) in [5.74, 6) is -1.73. The zero-order chi connectivity index (χ0) is 38.7. The molecule has 3 heterocycles. The molecule has 0 aromatic heterocycles. The first-order valence-corrected chi connectivity index (χ1v) is 20.5. The Morgan fingerprint density at radius 1 is 0.389 bits per heavy atom. The SMILES string of the molecule is CC(C)(C)N1/C(=C/C=C2C(=O)C(=C/C=C3/Sc4ccccc4N3C(C)(C)C)C(=O)C(=C/C=C3/Sc4ccccc4N3C(C)(C)C)C2=O)Sc2ccccc21. The van der Waals surface area contributed by atoms with Crippen molar-refractivity contribution in [3.05, 3.63) is 141 Å². The smallest absolute Gasteiger partial charge is 0.200 e. The molecule has 6 nitrogen and oxygen atoms in total. The second-order valence-corrected chi connectivity index (χ2v) is 19.7. The number of para-hydroxylation sites is 3. The fourth-order valence-corrected chi connectivity index (χ4v) is 10.8. The maximum Gasteiger partial charge on any atom is 0.200 e. The van der Waals surface area contributed by atoms with Gasteiger partial charge in [-0.3, -0.25) is 14.4 Å². The van der Waals surface area contributed by atoms with E-state index in [1.807, 2.05) is 54.6 Å². The summed E-state index contributed by atoms with van der Waals surface area (Å²) in [6.07, 6.45) is 10.4.